The predicted molar refractivity (Wildman–Crippen MR) is 107 cm³/mol. The first kappa shape index (κ1) is 18.2. The van der Waals surface area contributed by atoms with E-state index in [0.717, 1.165) is 28.4 Å². The van der Waals surface area contributed by atoms with Crippen LogP contribution in [0.4, 0.5) is 5.82 Å². The van der Waals surface area contributed by atoms with E-state index in [-0.39, 0.29) is 11.7 Å². The summed E-state index contributed by atoms with van der Waals surface area (Å²) in [4.78, 5) is 23.0. The molecule has 4 rings (SSSR count). The Labute approximate surface area is 163 Å². The number of hydrogen-bond acceptors (Lipinski definition) is 6. The van der Waals surface area contributed by atoms with Crippen LogP contribution in [0.5, 0.6) is 5.75 Å². The molecule has 0 unspecified atom stereocenters. The minimum atomic E-state index is -0.136. The summed E-state index contributed by atoms with van der Waals surface area (Å²) < 4.78 is 13.2. The summed E-state index contributed by atoms with van der Waals surface area (Å²) in [5, 5.41) is 0. The van der Waals surface area contributed by atoms with Gasteiger partial charge in [-0.25, -0.2) is 9.97 Å². The van der Waals surface area contributed by atoms with E-state index in [1.165, 1.54) is 6.33 Å². The van der Waals surface area contributed by atoms with Crippen molar-refractivity contribution in [1.29, 1.82) is 0 Å². The summed E-state index contributed by atoms with van der Waals surface area (Å²) in [6, 6.07) is 13.3. The normalized spacial score (nSPS) is 16.8. The molecule has 2 aromatic heterocycles. The van der Waals surface area contributed by atoms with Crippen molar-refractivity contribution in [3.63, 3.8) is 0 Å². The van der Waals surface area contributed by atoms with Crippen molar-refractivity contribution in [2.45, 2.75) is 6.10 Å². The molecule has 144 valence electrons. The molecule has 1 saturated heterocycles. The van der Waals surface area contributed by atoms with Gasteiger partial charge in [-0.2, -0.15) is 0 Å². The Balaban J connectivity index is 1.69. The fourth-order valence-electron chi connectivity index (χ4n) is 3.51. The van der Waals surface area contributed by atoms with Crippen LogP contribution < -0.4 is 15.2 Å². The average molecular weight is 378 g/mol. The lowest BCUT2D eigenvalue weighted by Gasteiger charge is -2.36. The Hall–Kier alpha value is -3.19. The number of methoxy groups -OCH3 is 1. The second-order valence-electron chi connectivity index (χ2n) is 6.64. The number of benzene rings is 1. The minimum absolute atomic E-state index is 0.0774. The average Bonchev–Trinajstić information content (AvgIpc) is 2.76. The zero-order chi connectivity index (χ0) is 19.5. The molecule has 1 fully saturated rings. The zero-order valence-electron chi connectivity index (χ0n) is 15.9. The molecule has 0 radical (unpaired) electrons. The van der Waals surface area contributed by atoms with Gasteiger partial charge in [-0.15, -0.1) is 0 Å². The lowest BCUT2D eigenvalue weighted by Crippen LogP contribution is -2.41. The molecule has 3 heterocycles. The summed E-state index contributed by atoms with van der Waals surface area (Å²) in [6.07, 6.45) is 3.02. The number of anilines is 1. The van der Waals surface area contributed by atoms with Crippen molar-refractivity contribution < 1.29 is 9.47 Å². The van der Waals surface area contributed by atoms with Crippen LogP contribution in [0.2, 0.25) is 0 Å². The van der Waals surface area contributed by atoms with Gasteiger partial charge < -0.3 is 14.4 Å². The van der Waals surface area contributed by atoms with E-state index in [1.54, 1.807) is 37.1 Å². The van der Waals surface area contributed by atoms with Gasteiger partial charge in [-0.1, -0.05) is 18.2 Å². The van der Waals surface area contributed by atoms with E-state index in [9.17, 15) is 4.79 Å². The zero-order valence-corrected chi connectivity index (χ0v) is 15.9. The third kappa shape index (κ3) is 3.48. The molecule has 3 aromatic rings. The Morgan fingerprint density at radius 3 is 2.86 bits per heavy atom. The topological polar surface area (TPSA) is 69.5 Å². The lowest BCUT2D eigenvalue weighted by atomic mass is 10.1. The highest BCUT2D eigenvalue weighted by Gasteiger charge is 2.26. The third-order valence-electron chi connectivity index (χ3n) is 4.99. The second-order valence-corrected chi connectivity index (χ2v) is 6.64. The van der Waals surface area contributed by atoms with Gasteiger partial charge in [-0.05, 0) is 18.2 Å². The Morgan fingerprint density at radius 2 is 2.07 bits per heavy atom. The number of ether oxygens (including phenoxy) is 2. The molecule has 7 heteroatoms. The van der Waals surface area contributed by atoms with Crippen LogP contribution in [-0.4, -0.2) is 41.3 Å². The lowest BCUT2D eigenvalue weighted by molar-refractivity contribution is 0.0378. The van der Waals surface area contributed by atoms with Crippen LogP contribution in [-0.2, 0) is 11.8 Å². The van der Waals surface area contributed by atoms with E-state index >= 15 is 0 Å². The first-order chi connectivity index (χ1) is 13.7. The molecule has 0 amide bonds. The van der Waals surface area contributed by atoms with Crippen molar-refractivity contribution in [2.75, 3.05) is 31.7 Å². The van der Waals surface area contributed by atoms with E-state index in [1.807, 2.05) is 30.3 Å². The highest BCUT2D eigenvalue weighted by molar-refractivity contribution is 5.63. The van der Waals surface area contributed by atoms with Crippen LogP contribution in [0.1, 0.15) is 11.7 Å². The first-order valence-corrected chi connectivity index (χ1v) is 9.14. The number of pyridine rings is 1. The Morgan fingerprint density at radius 1 is 1.21 bits per heavy atom. The molecular weight excluding hydrogens is 356 g/mol. The largest absolute Gasteiger partial charge is 0.496 e. The molecule has 7 nitrogen and oxygen atoms in total. The first-order valence-electron chi connectivity index (χ1n) is 9.14. The van der Waals surface area contributed by atoms with E-state index < -0.39 is 0 Å². The van der Waals surface area contributed by atoms with E-state index in [0.29, 0.717) is 19.7 Å². The number of nitrogens with zero attached hydrogens (tertiary/aromatic N) is 4. The summed E-state index contributed by atoms with van der Waals surface area (Å²) in [5.41, 5.74) is 2.43. The van der Waals surface area contributed by atoms with Crippen LogP contribution >= 0.6 is 0 Å². The van der Waals surface area contributed by atoms with Crippen molar-refractivity contribution in [3.8, 4) is 17.0 Å². The number of hydrogen-bond donors (Lipinski definition) is 0. The molecule has 0 saturated carbocycles. The summed E-state index contributed by atoms with van der Waals surface area (Å²) >= 11 is 0. The third-order valence-corrected chi connectivity index (χ3v) is 4.99. The Bertz CT molecular complexity index is 1020. The van der Waals surface area contributed by atoms with Gasteiger partial charge >= 0.3 is 0 Å². The highest BCUT2D eigenvalue weighted by atomic mass is 16.5. The number of morpholine rings is 1. The molecule has 1 atom stereocenters. The quantitative estimate of drug-likeness (QED) is 0.695. The highest BCUT2D eigenvalue weighted by Crippen LogP contribution is 2.32. The van der Waals surface area contributed by atoms with Gasteiger partial charge in [0.05, 0.1) is 19.4 Å². The summed E-state index contributed by atoms with van der Waals surface area (Å²) in [5.74, 6) is 1.64. The maximum Gasteiger partial charge on any atom is 0.252 e. The van der Waals surface area contributed by atoms with Gasteiger partial charge in [0, 0.05) is 43.5 Å². The molecule has 1 aliphatic heterocycles. The summed E-state index contributed by atoms with van der Waals surface area (Å²) in [7, 11) is 3.45. The van der Waals surface area contributed by atoms with Crippen molar-refractivity contribution in [2.24, 2.45) is 7.05 Å². The van der Waals surface area contributed by atoms with Crippen molar-refractivity contribution in [1.82, 2.24) is 14.5 Å². The molecule has 0 N–H and O–H groups in total. The predicted octanol–water partition coefficient (Wildman–Crippen LogP) is 2.43. The smallest absolute Gasteiger partial charge is 0.252 e. The van der Waals surface area contributed by atoms with Gasteiger partial charge in [0.25, 0.3) is 5.56 Å². The van der Waals surface area contributed by atoms with Crippen molar-refractivity contribution in [3.05, 3.63) is 70.9 Å². The van der Waals surface area contributed by atoms with Gasteiger partial charge in [0.2, 0.25) is 0 Å². The van der Waals surface area contributed by atoms with Crippen LogP contribution in [0.25, 0.3) is 11.3 Å². The van der Waals surface area contributed by atoms with Crippen LogP contribution in [0.3, 0.4) is 0 Å². The maximum atomic E-state index is 12.6. The fourth-order valence-corrected chi connectivity index (χ4v) is 3.51. The van der Waals surface area contributed by atoms with Gasteiger partial charge in [0.1, 0.15) is 24.0 Å². The molecule has 0 bridgehead atoms. The van der Waals surface area contributed by atoms with Gasteiger partial charge in [-0.3, -0.25) is 9.36 Å². The van der Waals surface area contributed by atoms with E-state index in [4.69, 9.17) is 9.47 Å². The van der Waals surface area contributed by atoms with Gasteiger partial charge in [0.15, 0.2) is 0 Å². The molecule has 0 aliphatic carbocycles. The number of aromatic nitrogens is 3. The number of para-hydroxylation sites is 1. The maximum absolute atomic E-state index is 12.6. The van der Waals surface area contributed by atoms with Crippen LogP contribution in [0.15, 0.2) is 59.8 Å². The summed E-state index contributed by atoms with van der Waals surface area (Å²) in [6.45, 7) is 1.89. The molecule has 1 aliphatic rings. The van der Waals surface area contributed by atoms with E-state index in [2.05, 4.69) is 14.9 Å². The monoisotopic (exact) mass is 378 g/mol. The molecule has 0 spiro atoms. The van der Waals surface area contributed by atoms with Crippen molar-refractivity contribution >= 4 is 5.82 Å². The van der Waals surface area contributed by atoms with Crippen LogP contribution in [0, 0.1) is 0 Å². The molecule has 1 aromatic carbocycles. The fraction of sp³-hybridized carbons (Fsp3) is 0.286. The Kier molecular flexibility index (Phi) is 5.08. The number of rotatable bonds is 4. The molecule has 28 heavy (non-hydrogen) atoms. The standard InChI is InChI=1S/C21H22N4O3/c1-24-20(11-15(12-21(24)26)17-7-8-22-14-23-17)25-9-10-28-19(13-25)16-5-3-4-6-18(16)27-2/h3-8,11-12,14,19H,9-10,13H2,1-2H3/t19-/m0/s1. The molecular formula is C21H22N4O3. The SMILES string of the molecule is COc1ccccc1[C@@H]1CN(c2cc(-c3ccncn3)cc(=O)n2C)CCO1. The second kappa shape index (κ2) is 7.82. The minimum Gasteiger partial charge on any atom is -0.496 e.